The van der Waals surface area contributed by atoms with E-state index in [1.165, 1.54) is 26.2 Å². The van der Waals surface area contributed by atoms with E-state index < -0.39 is 5.82 Å². The largest absolute Gasteiger partial charge is 0.496 e. The predicted octanol–water partition coefficient (Wildman–Crippen LogP) is 2.73. The molecule has 0 spiro atoms. The topological polar surface area (TPSA) is 26.3 Å². The summed E-state index contributed by atoms with van der Waals surface area (Å²) >= 11 is 3.20. The molecule has 4 heteroatoms. The van der Waals surface area contributed by atoms with Gasteiger partial charge in [0.1, 0.15) is 17.3 Å². The van der Waals surface area contributed by atoms with E-state index in [9.17, 15) is 9.18 Å². The fraction of sp³-hybridized carbons (Fsp3) is 0.300. The summed E-state index contributed by atoms with van der Waals surface area (Å²) in [5, 5.41) is 0. The Kier molecular flexibility index (Phi) is 3.63. The second-order valence-electron chi connectivity index (χ2n) is 2.92. The molecule has 0 atom stereocenters. The Hall–Kier alpha value is -0.900. The number of rotatable bonds is 3. The summed E-state index contributed by atoms with van der Waals surface area (Å²) in [4.78, 5) is 10.9. The lowest BCUT2D eigenvalue weighted by Gasteiger charge is -2.08. The molecule has 0 bridgehead atoms. The van der Waals surface area contributed by atoms with Gasteiger partial charge in [0.25, 0.3) is 0 Å². The summed E-state index contributed by atoms with van der Waals surface area (Å²) in [6, 6.07) is 2.81. The molecule has 0 saturated heterocycles. The molecule has 0 aliphatic carbocycles. The number of Topliss-reactive ketones (excluding diaryl/α,β-unsaturated/α-hetero) is 1. The van der Waals surface area contributed by atoms with Gasteiger partial charge < -0.3 is 4.74 Å². The zero-order valence-corrected chi connectivity index (χ0v) is 9.52. The van der Waals surface area contributed by atoms with Gasteiger partial charge in [-0.2, -0.15) is 0 Å². The monoisotopic (exact) mass is 260 g/mol. The molecule has 2 nitrogen and oxygen atoms in total. The number of halogens is 2. The first kappa shape index (κ1) is 11.2. The molecule has 76 valence electrons. The molecule has 1 rings (SSSR count). The first-order chi connectivity index (χ1) is 6.56. The van der Waals surface area contributed by atoms with Crippen LogP contribution in [0.4, 0.5) is 4.39 Å². The quantitative estimate of drug-likeness (QED) is 0.836. The van der Waals surface area contributed by atoms with Crippen LogP contribution in [0.2, 0.25) is 0 Å². The predicted molar refractivity (Wildman–Crippen MR) is 55.0 cm³/mol. The van der Waals surface area contributed by atoms with Crippen molar-refractivity contribution in [3.8, 4) is 5.75 Å². The fourth-order valence-corrected chi connectivity index (χ4v) is 1.77. The van der Waals surface area contributed by atoms with Crippen molar-refractivity contribution in [2.75, 3.05) is 7.11 Å². The Balaban J connectivity index is 3.18. The van der Waals surface area contributed by atoms with Gasteiger partial charge in [0.05, 0.1) is 11.6 Å². The van der Waals surface area contributed by atoms with Gasteiger partial charge in [-0.05, 0) is 35.0 Å². The van der Waals surface area contributed by atoms with Crippen LogP contribution < -0.4 is 4.74 Å². The van der Waals surface area contributed by atoms with Crippen molar-refractivity contribution in [1.29, 1.82) is 0 Å². The van der Waals surface area contributed by atoms with Crippen LogP contribution in [0.5, 0.6) is 5.75 Å². The van der Waals surface area contributed by atoms with Gasteiger partial charge in [0.2, 0.25) is 0 Å². The normalized spacial score (nSPS) is 10.0. The van der Waals surface area contributed by atoms with Crippen molar-refractivity contribution in [2.45, 2.75) is 13.3 Å². The molecule has 1 aromatic carbocycles. The van der Waals surface area contributed by atoms with Gasteiger partial charge in [-0.3, -0.25) is 4.79 Å². The van der Waals surface area contributed by atoms with Crippen LogP contribution in [0.3, 0.4) is 0 Å². The molecular weight excluding hydrogens is 251 g/mol. The minimum Gasteiger partial charge on any atom is -0.496 e. The minimum atomic E-state index is -0.395. The number of methoxy groups -OCH3 is 1. The lowest BCUT2D eigenvalue weighted by molar-refractivity contribution is -0.116. The molecule has 14 heavy (non-hydrogen) atoms. The Labute approximate surface area is 90.2 Å². The number of hydrogen-bond acceptors (Lipinski definition) is 2. The van der Waals surface area contributed by atoms with Crippen molar-refractivity contribution >= 4 is 21.7 Å². The molecule has 0 aliphatic heterocycles. The number of ether oxygens (including phenoxy) is 1. The summed E-state index contributed by atoms with van der Waals surface area (Å²) in [5.74, 6) is 0.0494. The van der Waals surface area contributed by atoms with E-state index in [1.54, 1.807) is 0 Å². The molecule has 0 heterocycles. The Morgan fingerprint density at radius 1 is 1.57 bits per heavy atom. The third-order valence-electron chi connectivity index (χ3n) is 1.80. The summed E-state index contributed by atoms with van der Waals surface area (Å²) in [5.41, 5.74) is 0.344. The SMILES string of the molecule is COc1ccc(F)c(CC(C)=O)c1Br. The zero-order chi connectivity index (χ0) is 10.7. The van der Waals surface area contributed by atoms with E-state index in [0.29, 0.717) is 15.8 Å². The van der Waals surface area contributed by atoms with Crippen molar-refractivity contribution in [2.24, 2.45) is 0 Å². The van der Waals surface area contributed by atoms with Crippen molar-refractivity contribution in [3.63, 3.8) is 0 Å². The third-order valence-corrected chi connectivity index (χ3v) is 2.67. The first-order valence-corrected chi connectivity index (χ1v) is 4.86. The second kappa shape index (κ2) is 4.55. The molecule has 0 aliphatic rings. The first-order valence-electron chi connectivity index (χ1n) is 4.06. The Morgan fingerprint density at radius 3 is 2.71 bits per heavy atom. The number of hydrogen-bond donors (Lipinski definition) is 0. The molecular formula is C10H10BrFO2. The summed E-state index contributed by atoms with van der Waals surface area (Å²) < 4.78 is 18.8. The van der Waals surface area contributed by atoms with Gasteiger partial charge in [-0.25, -0.2) is 4.39 Å². The summed E-state index contributed by atoms with van der Waals surface area (Å²) in [7, 11) is 1.50. The fourth-order valence-electron chi connectivity index (χ4n) is 1.14. The number of carbonyl (C=O) groups excluding carboxylic acids is 1. The average molecular weight is 261 g/mol. The lowest BCUT2D eigenvalue weighted by atomic mass is 10.1. The lowest BCUT2D eigenvalue weighted by Crippen LogP contribution is -2.01. The number of benzene rings is 1. The molecule has 0 unspecified atom stereocenters. The maximum Gasteiger partial charge on any atom is 0.134 e. The van der Waals surface area contributed by atoms with Gasteiger partial charge >= 0.3 is 0 Å². The van der Waals surface area contributed by atoms with Crippen LogP contribution in [0.15, 0.2) is 16.6 Å². The van der Waals surface area contributed by atoms with Crippen LogP contribution in [-0.2, 0) is 11.2 Å². The van der Waals surface area contributed by atoms with E-state index in [2.05, 4.69) is 15.9 Å². The van der Waals surface area contributed by atoms with Gasteiger partial charge in [0.15, 0.2) is 0 Å². The molecule has 1 aromatic rings. The van der Waals surface area contributed by atoms with Crippen LogP contribution in [0.25, 0.3) is 0 Å². The second-order valence-corrected chi connectivity index (χ2v) is 3.71. The smallest absolute Gasteiger partial charge is 0.134 e. The molecule has 0 radical (unpaired) electrons. The van der Waals surface area contributed by atoms with Crippen LogP contribution in [0.1, 0.15) is 12.5 Å². The Morgan fingerprint density at radius 2 is 2.21 bits per heavy atom. The molecule has 0 saturated carbocycles. The molecule has 0 amide bonds. The van der Waals surface area contributed by atoms with Gasteiger partial charge in [-0.15, -0.1) is 0 Å². The van der Waals surface area contributed by atoms with E-state index in [0.717, 1.165) is 0 Å². The average Bonchev–Trinajstić information content (AvgIpc) is 2.12. The minimum absolute atomic E-state index is 0.0730. The molecule has 0 fully saturated rings. The molecule has 0 N–H and O–H groups in total. The van der Waals surface area contributed by atoms with E-state index >= 15 is 0 Å². The van der Waals surface area contributed by atoms with Crippen LogP contribution in [0, 0.1) is 5.82 Å². The van der Waals surface area contributed by atoms with Crippen LogP contribution >= 0.6 is 15.9 Å². The maximum atomic E-state index is 13.3. The maximum absolute atomic E-state index is 13.3. The van der Waals surface area contributed by atoms with Crippen molar-refractivity contribution in [1.82, 2.24) is 0 Å². The zero-order valence-electron chi connectivity index (χ0n) is 7.93. The van der Waals surface area contributed by atoms with E-state index in [4.69, 9.17) is 4.74 Å². The number of carbonyl (C=O) groups is 1. The highest BCUT2D eigenvalue weighted by atomic mass is 79.9. The van der Waals surface area contributed by atoms with Crippen molar-refractivity contribution in [3.05, 3.63) is 28.0 Å². The highest BCUT2D eigenvalue weighted by Gasteiger charge is 2.13. The third kappa shape index (κ3) is 2.32. The molecule has 0 aromatic heterocycles. The van der Waals surface area contributed by atoms with E-state index in [1.807, 2.05) is 0 Å². The highest BCUT2D eigenvalue weighted by molar-refractivity contribution is 9.10. The standard InChI is InChI=1S/C10H10BrFO2/c1-6(13)5-7-8(12)3-4-9(14-2)10(7)11/h3-4H,5H2,1-2H3. The summed E-state index contributed by atoms with van der Waals surface area (Å²) in [6.07, 6.45) is 0.0730. The van der Waals surface area contributed by atoms with Gasteiger partial charge in [-0.1, -0.05) is 0 Å². The van der Waals surface area contributed by atoms with Crippen molar-refractivity contribution < 1.29 is 13.9 Å². The van der Waals surface area contributed by atoms with Gasteiger partial charge in [0, 0.05) is 12.0 Å². The van der Waals surface area contributed by atoms with E-state index in [-0.39, 0.29) is 12.2 Å². The Bertz CT molecular complexity index is 363. The number of ketones is 1. The van der Waals surface area contributed by atoms with Crippen LogP contribution in [-0.4, -0.2) is 12.9 Å². The summed E-state index contributed by atoms with van der Waals surface area (Å²) in [6.45, 7) is 1.42. The highest BCUT2D eigenvalue weighted by Crippen LogP contribution is 2.30.